The third-order valence-corrected chi connectivity index (χ3v) is 2.88. The molecule has 0 aromatic rings. The lowest BCUT2D eigenvalue weighted by Gasteiger charge is -2.23. The van der Waals surface area contributed by atoms with Gasteiger partial charge in [0, 0.05) is 12.1 Å². The van der Waals surface area contributed by atoms with Crippen LogP contribution in [0.5, 0.6) is 0 Å². The van der Waals surface area contributed by atoms with Crippen LogP contribution in [0.3, 0.4) is 0 Å². The maximum Gasteiger partial charge on any atom is 0.0733 e. The SMILES string of the molecule is CC(CO)NC1CC2CCC1O2. The lowest BCUT2D eigenvalue weighted by molar-refractivity contribution is 0.0947. The number of nitrogens with one attached hydrogen (secondary N) is 1. The Labute approximate surface area is 73.1 Å². The fourth-order valence-corrected chi connectivity index (χ4v) is 2.23. The summed E-state index contributed by atoms with van der Waals surface area (Å²) in [4.78, 5) is 0. The van der Waals surface area contributed by atoms with Crippen LogP contribution in [-0.2, 0) is 4.74 Å². The summed E-state index contributed by atoms with van der Waals surface area (Å²) in [6.07, 6.45) is 4.48. The molecule has 4 atom stereocenters. The van der Waals surface area contributed by atoms with Crippen molar-refractivity contribution >= 4 is 0 Å². The maximum atomic E-state index is 8.86. The minimum absolute atomic E-state index is 0.206. The second kappa shape index (κ2) is 3.32. The molecule has 3 heteroatoms. The molecule has 2 aliphatic heterocycles. The molecule has 0 spiro atoms. The van der Waals surface area contributed by atoms with E-state index in [1.807, 2.05) is 6.92 Å². The van der Waals surface area contributed by atoms with Gasteiger partial charge in [-0.15, -0.1) is 0 Å². The molecule has 2 rings (SSSR count). The zero-order valence-electron chi connectivity index (χ0n) is 7.49. The van der Waals surface area contributed by atoms with Crippen LogP contribution in [0.4, 0.5) is 0 Å². The first-order valence-corrected chi connectivity index (χ1v) is 4.82. The summed E-state index contributed by atoms with van der Waals surface area (Å²) in [6.45, 7) is 2.22. The van der Waals surface area contributed by atoms with E-state index >= 15 is 0 Å². The lowest BCUT2D eigenvalue weighted by Crippen LogP contribution is -2.44. The molecule has 4 unspecified atom stereocenters. The van der Waals surface area contributed by atoms with Gasteiger partial charge in [0.2, 0.25) is 0 Å². The Bertz CT molecular complexity index is 163. The van der Waals surface area contributed by atoms with Crippen LogP contribution in [0.25, 0.3) is 0 Å². The van der Waals surface area contributed by atoms with E-state index in [1.165, 1.54) is 12.8 Å². The number of hydrogen-bond donors (Lipinski definition) is 2. The van der Waals surface area contributed by atoms with Gasteiger partial charge in [0.05, 0.1) is 18.8 Å². The second-order valence-electron chi connectivity index (χ2n) is 3.97. The van der Waals surface area contributed by atoms with E-state index in [0.29, 0.717) is 18.2 Å². The van der Waals surface area contributed by atoms with Crippen LogP contribution in [-0.4, -0.2) is 36.0 Å². The molecule has 0 aromatic carbocycles. The Hall–Kier alpha value is -0.120. The normalized spacial score (nSPS) is 42.0. The minimum atomic E-state index is 0.206. The fourth-order valence-electron chi connectivity index (χ4n) is 2.23. The van der Waals surface area contributed by atoms with Gasteiger partial charge in [-0.3, -0.25) is 0 Å². The van der Waals surface area contributed by atoms with E-state index in [0.717, 1.165) is 6.42 Å². The topological polar surface area (TPSA) is 41.5 Å². The average Bonchev–Trinajstić information content (AvgIpc) is 2.64. The van der Waals surface area contributed by atoms with Crippen LogP contribution < -0.4 is 5.32 Å². The van der Waals surface area contributed by atoms with E-state index < -0.39 is 0 Å². The summed E-state index contributed by atoms with van der Waals surface area (Å²) < 4.78 is 5.69. The monoisotopic (exact) mass is 171 g/mol. The molecule has 3 nitrogen and oxygen atoms in total. The first kappa shape index (κ1) is 8.48. The Kier molecular flexibility index (Phi) is 2.35. The second-order valence-corrected chi connectivity index (χ2v) is 3.97. The van der Waals surface area contributed by atoms with Gasteiger partial charge in [0.1, 0.15) is 0 Å². The Morgan fingerprint density at radius 1 is 1.58 bits per heavy atom. The highest BCUT2D eigenvalue weighted by Crippen LogP contribution is 2.34. The van der Waals surface area contributed by atoms with Gasteiger partial charge in [-0.2, -0.15) is 0 Å². The van der Waals surface area contributed by atoms with Gasteiger partial charge in [-0.1, -0.05) is 0 Å². The standard InChI is InChI=1S/C9H17NO2/c1-6(5-11)10-8-4-7-2-3-9(8)12-7/h6-11H,2-5H2,1H3. The summed E-state index contributed by atoms with van der Waals surface area (Å²) in [5, 5.41) is 12.2. The van der Waals surface area contributed by atoms with Crippen LogP contribution in [0.1, 0.15) is 26.2 Å². The van der Waals surface area contributed by atoms with Gasteiger partial charge >= 0.3 is 0 Å². The van der Waals surface area contributed by atoms with E-state index in [1.54, 1.807) is 0 Å². The maximum absolute atomic E-state index is 8.86. The Balaban J connectivity index is 1.82. The molecule has 2 N–H and O–H groups in total. The molecule has 2 heterocycles. The Morgan fingerprint density at radius 3 is 2.92 bits per heavy atom. The van der Waals surface area contributed by atoms with Crippen molar-refractivity contribution in [3.8, 4) is 0 Å². The van der Waals surface area contributed by atoms with Gasteiger partial charge in [0.15, 0.2) is 0 Å². The van der Waals surface area contributed by atoms with E-state index in [2.05, 4.69) is 5.32 Å². The summed E-state index contributed by atoms with van der Waals surface area (Å²) >= 11 is 0. The van der Waals surface area contributed by atoms with Gasteiger partial charge < -0.3 is 15.2 Å². The van der Waals surface area contributed by atoms with Crippen molar-refractivity contribution in [2.24, 2.45) is 0 Å². The first-order valence-electron chi connectivity index (χ1n) is 4.82. The molecule has 0 amide bonds. The van der Waals surface area contributed by atoms with Crippen molar-refractivity contribution in [3.05, 3.63) is 0 Å². The molecule has 12 heavy (non-hydrogen) atoms. The number of hydrogen-bond acceptors (Lipinski definition) is 3. The average molecular weight is 171 g/mol. The molecule has 0 aliphatic carbocycles. The first-order chi connectivity index (χ1) is 5.79. The van der Waals surface area contributed by atoms with Gasteiger partial charge in [-0.25, -0.2) is 0 Å². The van der Waals surface area contributed by atoms with Crippen LogP contribution >= 0.6 is 0 Å². The van der Waals surface area contributed by atoms with Crippen molar-refractivity contribution in [1.82, 2.24) is 5.32 Å². The van der Waals surface area contributed by atoms with Crippen LogP contribution in [0.15, 0.2) is 0 Å². The van der Waals surface area contributed by atoms with E-state index in [4.69, 9.17) is 9.84 Å². The molecule has 2 aliphatic rings. The van der Waals surface area contributed by atoms with Crippen molar-refractivity contribution < 1.29 is 9.84 Å². The largest absolute Gasteiger partial charge is 0.395 e. The molecular weight excluding hydrogens is 154 g/mol. The molecule has 0 radical (unpaired) electrons. The number of rotatable bonds is 3. The van der Waals surface area contributed by atoms with Crippen molar-refractivity contribution in [3.63, 3.8) is 0 Å². The smallest absolute Gasteiger partial charge is 0.0733 e. The predicted octanol–water partition coefficient (Wildman–Crippen LogP) is 0.277. The minimum Gasteiger partial charge on any atom is -0.395 e. The number of ether oxygens (including phenoxy) is 1. The summed E-state index contributed by atoms with van der Waals surface area (Å²) in [5.74, 6) is 0. The lowest BCUT2D eigenvalue weighted by atomic mass is 9.95. The highest BCUT2D eigenvalue weighted by molar-refractivity contribution is 4.94. The molecule has 70 valence electrons. The summed E-state index contributed by atoms with van der Waals surface area (Å²) in [6, 6.07) is 0.698. The molecule has 2 saturated heterocycles. The molecule has 0 saturated carbocycles. The van der Waals surface area contributed by atoms with Crippen LogP contribution in [0.2, 0.25) is 0 Å². The zero-order valence-corrected chi connectivity index (χ0v) is 7.49. The predicted molar refractivity (Wildman–Crippen MR) is 46.0 cm³/mol. The third kappa shape index (κ3) is 1.49. The molecule has 2 fully saturated rings. The fraction of sp³-hybridized carbons (Fsp3) is 1.00. The number of aliphatic hydroxyl groups is 1. The third-order valence-electron chi connectivity index (χ3n) is 2.88. The van der Waals surface area contributed by atoms with Crippen molar-refractivity contribution in [2.75, 3.05) is 6.61 Å². The molecule has 2 bridgehead atoms. The highest BCUT2D eigenvalue weighted by Gasteiger charge is 2.40. The van der Waals surface area contributed by atoms with Crippen LogP contribution in [0, 0.1) is 0 Å². The summed E-state index contributed by atoms with van der Waals surface area (Å²) in [5.41, 5.74) is 0. The number of aliphatic hydroxyl groups excluding tert-OH is 1. The van der Waals surface area contributed by atoms with Crippen molar-refractivity contribution in [2.45, 2.75) is 50.5 Å². The zero-order chi connectivity index (χ0) is 8.55. The highest BCUT2D eigenvalue weighted by atomic mass is 16.5. The van der Waals surface area contributed by atoms with Gasteiger partial charge in [-0.05, 0) is 26.2 Å². The quantitative estimate of drug-likeness (QED) is 0.640. The van der Waals surface area contributed by atoms with E-state index in [-0.39, 0.29) is 12.6 Å². The van der Waals surface area contributed by atoms with Gasteiger partial charge in [0.25, 0.3) is 0 Å². The molecular formula is C9H17NO2. The Morgan fingerprint density at radius 2 is 2.42 bits per heavy atom. The van der Waals surface area contributed by atoms with E-state index in [9.17, 15) is 0 Å². The molecule has 0 aromatic heterocycles. The number of fused-ring (bicyclic) bond motifs is 2. The summed E-state index contributed by atoms with van der Waals surface area (Å²) in [7, 11) is 0. The van der Waals surface area contributed by atoms with Crippen molar-refractivity contribution in [1.29, 1.82) is 0 Å².